The molecule has 1 unspecified atom stereocenters. The number of halogens is 2. The van der Waals surface area contributed by atoms with Crippen LogP contribution < -0.4 is 25.2 Å². The molecule has 3 heterocycles. The number of hydrogen-bond acceptors (Lipinski definition) is 8. The summed E-state index contributed by atoms with van der Waals surface area (Å²) in [6.07, 6.45) is 6.67. The number of ketones is 1. The van der Waals surface area contributed by atoms with E-state index >= 15 is 0 Å². The monoisotopic (exact) mass is 558 g/mol. The van der Waals surface area contributed by atoms with E-state index in [9.17, 15) is 23.2 Å². The number of nitrogens with one attached hydrogen (secondary N) is 2. The van der Waals surface area contributed by atoms with Crippen molar-refractivity contribution < 1.29 is 27.9 Å². The number of carbonyl (C=O) groups excluding carboxylic acids is 3. The highest BCUT2D eigenvalue weighted by Crippen LogP contribution is 2.40. The van der Waals surface area contributed by atoms with E-state index in [0.717, 1.165) is 50.0 Å². The minimum Gasteiger partial charge on any atom is -0.495 e. The Morgan fingerprint density at radius 2 is 1.93 bits per heavy atom. The number of Topliss-reactive ketones (excluding diaryl/α,β-unsaturated/α-hetero) is 1. The van der Waals surface area contributed by atoms with E-state index in [1.54, 1.807) is 23.1 Å². The number of aromatic nitrogens is 2. The number of nitrogens with zero attached hydrogens (tertiary/aromatic N) is 4. The number of anilines is 4. The predicted molar refractivity (Wildman–Crippen MR) is 148 cm³/mol. The SMILES string of the molecule is CC1CCNC(=O)C1.COc1cc(C(C)=O)ccc1Nc1ncc2c(n1)N(C1CCCC1)CC(F)(F)C(=O)N2C. The topological polar surface area (TPSA) is 117 Å². The second kappa shape index (κ2) is 12.1. The van der Waals surface area contributed by atoms with Crippen LogP contribution in [0.1, 0.15) is 62.7 Å². The third-order valence-electron chi connectivity index (χ3n) is 7.48. The molecule has 216 valence electrons. The van der Waals surface area contributed by atoms with Gasteiger partial charge in [0.25, 0.3) is 5.91 Å². The molecular weight excluding hydrogens is 522 g/mol. The van der Waals surface area contributed by atoms with Crippen LogP contribution in [-0.4, -0.2) is 66.8 Å². The minimum absolute atomic E-state index is 0.100. The fraction of sp³-hybridized carbons (Fsp3) is 0.536. The molecule has 0 radical (unpaired) electrons. The smallest absolute Gasteiger partial charge is 0.342 e. The summed E-state index contributed by atoms with van der Waals surface area (Å²) in [6.45, 7) is 3.72. The molecule has 12 heteroatoms. The lowest BCUT2D eigenvalue weighted by atomic mass is 10.0. The van der Waals surface area contributed by atoms with Crippen molar-refractivity contribution in [1.29, 1.82) is 0 Å². The van der Waals surface area contributed by atoms with E-state index in [1.807, 2.05) is 0 Å². The van der Waals surface area contributed by atoms with Crippen LogP contribution in [0, 0.1) is 5.92 Å². The summed E-state index contributed by atoms with van der Waals surface area (Å²) < 4.78 is 34.7. The Bertz CT molecular complexity index is 1270. The van der Waals surface area contributed by atoms with E-state index in [-0.39, 0.29) is 29.4 Å². The number of rotatable bonds is 5. The summed E-state index contributed by atoms with van der Waals surface area (Å²) in [7, 11) is 2.79. The largest absolute Gasteiger partial charge is 0.495 e. The molecule has 2 N–H and O–H groups in total. The van der Waals surface area contributed by atoms with Crippen LogP contribution in [0.4, 0.5) is 31.9 Å². The van der Waals surface area contributed by atoms with E-state index in [2.05, 4.69) is 27.5 Å². The Hall–Kier alpha value is -3.83. The van der Waals surface area contributed by atoms with Crippen molar-refractivity contribution in [3.8, 4) is 5.75 Å². The third-order valence-corrected chi connectivity index (χ3v) is 7.48. The molecule has 1 saturated carbocycles. The summed E-state index contributed by atoms with van der Waals surface area (Å²) in [5, 5.41) is 5.82. The van der Waals surface area contributed by atoms with Crippen molar-refractivity contribution in [3.63, 3.8) is 0 Å². The Labute approximate surface area is 232 Å². The van der Waals surface area contributed by atoms with E-state index < -0.39 is 18.4 Å². The van der Waals surface area contributed by atoms with Gasteiger partial charge in [0.05, 0.1) is 25.5 Å². The Balaban J connectivity index is 0.000000398. The zero-order valence-corrected chi connectivity index (χ0v) is 23.3. The first kappa shape index (κ1) is 29.2. The molecule has 10 nitrogen and oxygen atoms in total. The minimum atomic E-state index is -3.53. The standard InChI is InChI=1S/C22H25F2N5O3.C6H11NO/c1-13(30)14-8-9-16(18(10-14)32-3)26-21-25-11-17-19(27-21)29(15-6-4-5-7-15)12-22(23,24)20(31)28(17)2;1-5-2-3-7-6(8)4-5/h8-11,15H,4-7,12H2,1-3H3,(H,25,26,27);5H,2-4H2,1H3,(H,7,8). The lowest BCUT2D eigenvalue weighted by Gasteiger charge is -2.31. The van der Waals surface area contributed by atoms with Gasteiger partial charge in [-0.1, -0.05) is 19.8 Å². The molecule has 1 aliphatic carbocycles. The molecule has 1 aromatic heterocycles. The van der Waals surface area contributed by atoms with Gasteiger partial charge in [0.15, 0.2) is 11.6 Å². The lowest BCUT2D eigenvalue weighted by molar-refractivity contribution is -0.140. The first-order chi connectivity index (χ1) is 19.0. The van der Waals surface area contributed by atoms with Crippen LogP contribution >= 0.6 is 0 Å². The molecular formula is C28H36F2N6O4. The van der Waals surface area contributed by atoms with E-state index in [4.69, 9.17) is 4.74 Å². The van der Waals surface area contributed by atoms with Gasteiger partial charge in [-0.15, -0.1) is 0 Å². The number of carbonyl (C=O) groups is 3. The van der Waals surface area contributed by atoms with Gasteiger partial charge in [-0.3, -0.25) is 14.4 Å². The van der Waals surface area contributed by atoms with Gasteiger partial charge in [-0.25, -0.2) is 4.98 Å². The van der Waals surface area contributed by atoms with Gasteiger partial charge in [-0.05, 0) is 50.3 Å². The normalized spacial score (nSPS) is 20.6. The fourth-order valence-electron chi connectivity index (χ4n) is 5.19. The molecule has 1 saturated heterocycles. The number of alkyl halides is 2. The highest BCUT2D eigenvalue weighted by Gasteiger charge is 2.48. The number of benzene rings is 1. The molecule has 0 bridgehead atoms. The second-order valence-electron chi connectivity index (χ2n) is 10.6. The summed E-state index contributed by atoms with van der Waals surface area (Å²) >= 11 is 0. The zero-order valence-electron chi connectivity index (χ0n) is 23.3. The van der Waals surface area contributed by atoms with Gasteiger partial charge < -0.3 is 25.2 Å². The molecule has 40 heavy (non-hydrogen) atoms. The maximum absolute atomic E-state index is 14.7. The molecule has 1 atom stereocenters. The highest BCUT2D eigenvalue weighted by atomic mass is 19.3. The second-order valence-corrected chi connectivity index (χ2v) is 10.6. The predicted octanol–water partition coefficient (Wildman–Crippen LogP) is 4.32. The van der Waals surface area contributed by atoms with Crippen LogP contribution in [0.25, 0.3) is 0 Å². The molecule has 2 fully saturated rings. The Morgan fingerprint density at radius 3 is 2.52 bits per heavy atom. The lowest BCUT2D eigenvalue weighted by Crippen LogP contribution is -2.48. The van der Waals surface area contributed by atoms with Crippen molar-refractivity contribution in [2.45, 2.75) is 64.3 Å². The number of hydrogen-bond donors (Lipinski definition) is 2. The molecule has 3 aliphatic rings. The van der Waals surface area contributed by atoms with Crippen LogP contribution in [0.3, 0.4) is 0 Å². The summed E-state index contributed by atoms with van der Waals surface area (Å²) in [4.78, 5) is 45.8. The number of ether oxygens (including phenoxy) is 1. The van der Waals surface area contributed by atoms with Crippen molar-refractivity contribution in [1.82, 2.24) is 15.3 Å². The highest BCUT2D eigenvalue weighted by molar-refractivity contribution is 6.02. The third kappa shape index (κ3) is 6.48. The van der Waals surface area contributed by atoms with E-state index in [0.29, 0.717) is 28.7 Å². The molecule has 2 aromatic rings. The quantitative estimate of drug-likeness (QED) is 0.521. The maximum atomic E-state index is 14.7. The number of methoxy groups -OCH3 is 1. The molecule has 0 spiro atoms. The van der Waals surface area contributed by atoms with Crippen molar-refractivity contribution >= 4 is 40.7 Å². The van der Waals surface area contributed by atoms with Crippen LogP contribution in [0.2, 0.25) is 0 Å². The van der Waals surface area contributed by atoms with Crippen LogP contribution in [0.15, 0.2) is 24.4 Å². The molecule has 2 aliphatic heterocycles. The number of piperidine rings is 1. The van der Waals surface area contributed by atoms with Gasteiger partial charge >= 0.3 is 5.92 Å². The maximum Gasteiger partial charge on any atom is 0.342 e. The van der Waals surface area contributed by atoms with Gasteiger partial charge in [-0.2, -0.15) is 13.8 Å². The van der Waals surface area contributed by atoms with Crippen molar-refractivity contribution in [2.24, 2.45) is 5.92 Å². The van der Waals surface area contributed by atoms with Crippen molar-refractivity contribution in [3.05, 3.63) is 30.0 Å². The van der Waals surface area contributed by atoms with Gasteiger partial charge in [0, 0.05) is 31.6 Å². The summed E-state index contributed by atoms with van der Waals surface area (Å²) in [5.41, 5.74) is 1.25. The van der Waals surface area contributed by atoms with Gasteiger partial charge in [0.2, 0.25) is 11.9 Å². The van der Waals surface area contributed by atoms with Crippen molar-refractivity contribution in [2.75, 3.05) is 42.4 Å². The summed E-state index contributed by atoms with van der Waals surface area (Å²) in [5.74, 6) is -3.21. The zero-order chi connectivity index (χ0) is 29.0. The van der Waals surface area contributed by atoms with Crippen LogP contribution in [-0.2, 0) is 9.59 Å². The fourth-order valence-corrected chi connectivity index (χ4v) is 5.19. The Kier molecular flexibility index (Phi) is 8.85. The first-order valence-electron chi connectivity index (χ1n) is 13.5. The summed E-state index contributed by atoms with van der Waals surface area (Å²) in [6, 6.07) is 4.80. The first-order valence-corrected chi connectivity index (χ1v) is 13.5. The van der Waals surface area contributed by atoms with Gasteiger partial charge in [0.1, 0.15) is 11.4 Å². The average molecular weight is 559 g/mol. The molecule has 1 aromatic carbocycles. The molecule has 5 rings (SSSR count). The number of fused-ring (bicyclic) bond motifs is 1. The van der Waals surface area contributed by atoms with E-state index in [1.165, 1.54) is 27.3 Å². The van der Waals surface area contributed by atoms with Crippen LogP contribution in [0.5, 0.6) is 5.75 Å². The average Bonchev–Trinajstić information content (AvgIpc) is 3.44. The molecule has 2 amide bonds. The Morgan fingerprint density at radius 1 is 1.20 bits per heavy atom. The number of amides is 2.